The van der Waals surface area contributed by atoms with Gasteiger partial charge >= 0.3 is 5.97 Å². The minimum Gasteiger partial charge on any atom is -0.477 e. The summed E-state index contributed by atoms with van der Waals surface area (Å²) in [5.74, 6) is 0.0779. The van der Waals surface area contributed by atoms with Gasteiger partial charge in [0.25, 0.3) is 29.1 Å². The van der Waals surface area contributed by atoms with Crippen molar-refractivity contribution in [1.29, 1.82) is 0 Å². The van der Waals surface area contributed by atoms with Crippen LogP contribution in [-0.2, 0) is 19.0 Å². The highest BCUT2D eigenvalue weighted by Crippen LogP contribution is 2.53. The molecule has 2 atom stereocenters. The van der Waals surface area contributed by atoms with Gasteiger partial charge in [-0.05, 0) is 49.2 Å². The van der Waals surface area contributed by atoms with Gasteiger partial charge in [-0.2, -0.15) is 4.98 Å². The first-order chi connectivity index (χ1) is 38.8. The zero-order valence-electron chi connectivity index (χ0n) is 44.4. The van der Waals surface area contributed by atoms with Gasteiger partial charge < -0.3 is 54.9 Å². The number of nitrogens with zero attached hydrogens (tertiary/aromatic N) is 13. The van der Waals surface area contributed by atoms with Crippen molar-refractivity contribution in [2.75, 3.05) is 121 Å². The molecule has 1 aliphatic carbocycles. The van der Waals surface area contributed by atoms with E-state index in [-0.39, 0.29) is 57.2 Å². The lowest BCUT2D eigenvalue weighted by atomic mass is 9.71. The molecule has 0 bridgehead atoms. The van der Waals surface area contributed by atoms with E-state index in [1.54, 1.807) is 51.4 Å². The number of likely N-dealkylation sites (tertiary alicyclic amines) is 1. The Morgan fingerprint density at radius 2 is 1.04 bits per heavy atom. The lowest BCUT2D eigenvalue weighted by Crippen LogP contribution is -2.41. The van der Waals surface area contributed by atoms with Crippen molar-refractivity contribution in [1.82, 2.24) is 49.5 Å². The molecular formula is C52H60ClN15O13. The second-order valence-electron chi connectivity index (χ2n) is 20.2. The van der Waals surface area contributed by atoms with E-state index in [0.29, 0.717) is 124 Å². The van der Waals surface area contributed by atoms with Crippen LogP contribution in [0, 0.1) is 37.0 Å². The zero-order valence-corrected chi connectivity index (χ0v) is 45.2. The Hall–Kier alpha value is -8.60. The molecule has 1 saturated carbocycles. The van der Waals surface area contributed by atoms with Crippen LogP contribution in [0.1, 0.15) is 68.6 Å². The molecule has 6 aliphatic rings. The molecule has 5 aliphatic heterocycles. The van der Waals surface area contributed by atoms with Gasteiger partial charge in [-0.15, -0.1) is 0 Å². The van der Waals surface area contributed by atoms with Gasteiger partial charge in [-0.1, -0.05) is 25.4 Å². The molecule has 4 amide bonds. The summed E-state index contributed by atoms with van der Waals surface area (Å²) in [4.78, 5) is 113. The summed E-state index contributed by atoms with van der Waals surface area (Å²) in [5, 5.41) is 32.6. The number of aromatic carboxylic acids is 1. The van der Waals surface area contributed by atoms with E-state index in [1.807, 2.05) is 0 Å². The zero-order chi connectivity index (χ0) is 57.8. The maximum atomic E-state index is 12.7. The van der Waals surface area contributed by atoms with Gasteiger partial charge in [0.2, 0.25) is 11.9 Å². The molecule has 5 aromatic heterocycles. The number of amides is 4. The number of carboxylic acid groups (broad SMARTS) is 1. The number of rotatable bonds is 10. The quantitative estimate of drug-likeness (QED) is 0.131. The smallest absolute Gasteiger partial charge is 0.354 e. The van der Waals surface area contributed by atoms with Gasteiger partial charge in [-0.3, -0.25) is 39.4 Å². The highest BCUT2D eigenvalue weighted by atomic mass is 35.5. The fourth-order valence-electron chi connectivity index (χ4n) is 9.48. The number of aromatic nitrogens is 6. The van der Waals surface area contributed by atoms with E-state index in [9.17, 15) is 44.2 Å². The number of nitrogens with two attached hydrogens (primary N) is 1. The molecule has 0 unspecified atom stereocenters. The van der Waals surface area contributed by atoms with Crippen LogP contribution in [0.15, 0.2) is 79.5 Å². The van der Waals surface area contributed by atoms with Crippen molar-refractivity contribution in [3.05, 3.63) is 128 Å². The Bertz CT molecular complexity index is 3020. The van der Waals surface area contributed by atoms with Crippen LogP contribution in [0.2, 0.25) is 5.02 Å². The first kappa shape index (κ1) is 58.5. The summed E-state index contributed by atoms with van der Waals surface area (Å²) < 4.78 is 15.6. The number of pyridine rings is 4. The molecule has 5 saturated heterocycles. The van der Waals surface area contributed by atoms with Crippen LogP contribution >= 0.6 is 11.6 Å². The lowest BCUT2D eigenvalue weighted by Gasteiger charge is -2.29. The highest BCUT2D eigenvalue weighted by Gasteiger charge is 2.59. The molecule has 28 nitrogen and oxygen atoms in total. The van der Waals surface area contributed by atoms with E-state index in [4.69, 9.17) is 41.6 Å². The molecule has 6 fully saturated rings. The number of nitrogens with one attached hydrogen (secondary N) is 1. The Morgan fingerprint density at radius 1 is 0.605 bits per heavy atom. The third-order valence-corrected chi connectivity index (χ3v) is 14.6. The predicted molar refractivity (Wildman–Crippen MR) is 290 cm³/mol. The van der Waals surface area contributed by atoms with Crippen molar-refractivity contribution in [3.8, 4) is 0 Å². The van der Waals surface area contributed by atoms with E-state index in [2.05, 4.69) is 53.9 Å². The normalized spacial score (nSPS) is 20.2. The van der Waals surface area contributed by atoms with Gasteiger partial charge in [0.15, 0.2) is 5.82 Å². The van der Waals surface area contributed by atoms with Gasteiger partial charge in [0.05, 0.1) is 79.5 Å². The van der Waals surface area contributed by atoms with Crippen molar-refractivity contribution < 1.29 is 53.1 Å². The standard InChI is InChI=1S/C26H32ClN7O3.C10H11N3O4.C10H13N3O2.C6H4N2O4/c1-25-13-33(14-26(25,2)16-34(15-25)22(35)17-3-4-17)21-19(27)12-29-24(31-21)30-18-5-6-20(28-11-18)23(36)32-7-9-37-10-8-32;14-10(12-3-5-17-6-4-12)9-2-1-8(7-11-9)13(15)16;11-8-1-2-9(12-7-8)10(14)13-3-5-15-6-4-13;9-6(10)5-2-1-4(3-7-5)8(11)12/h5-6,11-12,17H,3-4,7-10,13-16H2,1-2H3,(H,29,30,31);1-2,7H,3-6H2;1-2,7H,3-6,11H2;1-3H,(H,9,10)/t25-,26+;;;. The summed E-state index contributed by atoms with van der Waals surface area (Å²) in [5.41, 5.74) is 7.17. The summed E-state index contributed by atoms with van der Waals surface area (Å²) in [6.45, 7) is 14.4. The number of nitro groups is 2. The topological polar surface area (TPSA) is 351 Å². The second-order valence-corrected chi connectivity index (χ2v) is 20.6. The number of halogens is 1. The number of hydrogen-bond acceptors (Lipinski definition) is 21. The third-order valence-electron chi connectivity index (χ3n) is 14.4. The molecule has 11 rings (SSSR count). The molecule has 428 valence electrons. The molecule has 29 heteroatoms. The summed E-state index contributed by atoms with van der Waals surface area (Å²) >= 11 is 6.56. The fraction of sp³-hybridized carbons (Fsp3) is 0.442. The number of carboxylic acids is 1. The number of morpholine rings is 3. The number of carbonyl (C=O) groups is 5. The summed E-state index contributed by atoms with van der Waals surface area (Å²) in [7, 11) is 0. The number of carbonyl (C=O) groups excluding carboxylic acids is 4. The van der Waals surface area contributed by atoms with E-state index in [1.165, 1.54) is 18.3 Å². The molecule has 5 aromatic rings. The minimum atomic E-state index is -1.20. The van der Waals surface area contributed by atoms with Gasteiger partial charge in [-0.25, -0.2) is 29.7 Å². The minimum absolute atomic E-state index is 0.0355. The van der Waals surface area contributed by atoms with Crippen molar-refractivity contribution >= 4 is 75.7 Å². The molecule has 0 aromatic carbocycles. The molecule has 81 heavy (non-hydrogen) atoms. The van der Waals surface area contributed by atoms with Crippen LogP contribution < -0.4 is 16.0 Å². The molecule has 0 spiro atoms. The maximum Gasteiger partial charge on any atom is 0.354 e. The fourth-order valence-corrected chi connectivity index (χ4v) is 9.69. The van der Waals surface area contributed by atoms with Crippen LogP contribution in [0.4, 0.5) is 34.5 Å². The first-order valence-electron chi connectivity index (χ1n) is 25.9. The molecule has 10 heterocycles. The third kappa shape index (κ3) is 14.8. The number of ether oxygens (including phenoxy) is 3. The molecule has 4 N–H and O–H groups in total. The highest BCUT2D eigenvalue weighted by molar-refractivity contribution is 6.32. The SMILES string of the molecule is C[C@@]12CN(C(=O)C3CC3)C[C@]1(C)CN(c1nc(Nc3ccc(C(=O)N4CCOCC4)nc3)ncc1Cl)C2.Nc1ccc(C(=O)N2CCOCC2)nc1.O=C(O)c1ccc([N+](=O)[O-])cn1.O=C(c1ccc([N+](=O)[O-])cn1)N1CCOCC1. The van der Waals surface area contributed by atoms with Crippen molar-refractivity contribution in [2.24, 2.45) is 16.7 Å². The average Bonchev–Trinajstić information content (AvgIpc) is 4.36. The van der Waals surface area contributed by atoms with Gasteiger partial charge in [0.1, 0.15) is 40.2 Å². The van der Waals surface area contributed by atoms with Crippen molar-refractivity contribution in [2.45, 2.75) is 26.7 Å². The Morgan fingerprint density at radius 3 is 1.42 bits per heavy atom. The van der Waals surface area contributed by atoms with Gasteiger partial charge in [0, 0.05) is 94.3 Å². The maximum absolute atomic E-state index is 12.7. The number of nitrogen functional groups attached to an aromatic ring is 1. The Balaban J connectivity index is 0.000000162. The Kier molecular flexibility index (Phi) is 18.9. The second kappa shape index (κ2) is 26.1. The first-order valence-corrected chi connectivity index (χ1v) is 26.3. The molecular weight excluding hydrogens is 1080 g/mol. The lowest BCUT2D eigenvalue weighted by molar-refractivity contribution is -0.385. The predicted octanol–water partition coefficient (Wildman–Crippen LogP) is 4.11. The summed E-state index contributed by atoms with van der Waals surface area (Å²) in [6.07, 6.45) is 8.77. The van der Waals surface area contributed by atoms with Crippen LogP contribution in [0.3, 0.4) is 0 Å². The molecule has 0 radical (unpaired) electrons. The summed E-state index contributed by atoms with van der Waals surface area (Å²) in [6, 6.07) is 11.7. The average molecular weight is 1140 g/mol. The number of fused-ring (bicyclic) bond motifs is 1. The number of hydrogen-bond donors (Lipinski definition) is 3. The van der Waals surface area contributed by atoms with E-state index < -0.39 is 15.8 Å². The monoisotopic (exact) mass is 1140 g/mol. The largest absolute Gasteiger partial charge is 0.477 e. The number of anilines is 4. The van der Waals surface area contributed by atoms with E-state index in [0.717, 1.165) is 63.5 Å². The van der Waals surface area contributed by atoms with Crippen LogP contribution in [0.25, 0.3) is 0 Å². The van der Waals surface area contributed by atoms with Crippen molar-refractivity contribution in [3.63, 3.8) is 0 Å². The Labute approximate surface area is 468 Å². The van der Waals surface area contributed by atoms with Crippen LogP contribution in [0.5, 0.6) is 0 Å². The van der Waals surface area contributed by atoms with Crippen LogP contribution in [-0.4, -0.2) is 199 Å². The van der Waals surface area contributed by atoms with E-state index >= 15 is 0 Å².